The Hall–Kier alpha value is -0.930. The highest BCUT2D eigenvalue weighted by atomic mass is 19.1. The molecule has 0 aromatic heterocycles. The summed E-state index contributed by atoms with van der Waals surface area (Å²) < 4.78 is 18.0. The van der Waals surface area contributed by atoms with E-state index >= 15 is 0 Å². The first-order valence-electron chi connectivity index (χ1n) is 4.77. The highest BCUT2D eigenvalue weighted by Crippen LogP contribution is 2.05. The van der Waals surface area contributed by atoms with Crippen LogP contribution in [0.25, 0.3) is 0 Å². The van der Waals surface area contributed by atoms with Gasteiger partial charge in [-0.25, -0.2) is 4.39 Å². The molecular weight excluding hydrogens is 181 g/mol. The summed E-state index contributed by atoms with van der Waals surface area (Å²) >= 11 is 0. The zero-order chi connectivity index (χ0) is 10.2. The number of rotatable bonds is 6. The number of ether oxygens (including phenoxy) is 1. The Morgan fingerprint density at radius 1 is 1.29 bits per heavy atom. The van der Waals surface area contributed by atoms with Crippen LogP contribution < -0.4 is 5.32 Å². The molecule has 1 aromatic rings. The van der Waals surface area contributed by atoms with Crippen LogP contribution >= 0.6 is 0 Å². The van der Waals surface area contributed by atoms with Crippen LogP contribution in [0, 0.1) is 5.82 Å². The molecule has 0 bridgehead atoms. The van der Waals surface area contributed by atoms with Crippen molar-refractivity contribution < 1.29 is 9.13 Å². The van der Waals surface area contributed by atoms with Gasteiger partial charge in [0.1, 0.15) is 5.82 Å². The molecule has 0 amide bonds. The Bertz CT molecular complexity index is 265. The van der Waals surface area contributed by atoms with Crippen LogP contribution in [0.5, 0.6) is 0 Å². The Kier molecular flexibility index (Phi) is 5.19. The minimum Gasteiger partial charge on any atom is -0.383 e. The van der Waals surface area contributed by atoms with Gasteiger partial charge in [-0.3, -0.25) is 0 Å². The van der Waals surface area contributed by atoms with Crippen molar-refractivity contribution in [1.29, 1.82) is 0 Å². The maximum absolute atomic E-state index is 13.1. The summed E-state index contributed by atoms with van der Waals surface area (Å²) in [5, 5.41) is 3.17. The SMILES string of the molecule is COCCNCCc1ccccc1F. The minimum atomic E-state index is -0.124. The quantitative estimate of drug-likeness (QED) is 0.699. The first-order chi connectivity index (χ1) is 6.84. The third-order valence-electron chi connectivity index (χ3n) is 2.01. The average Bonchev–Trinajstić information content (AvgIpc) is 2.20. The van der Waals surface area contributed by atoms with E-state index in [9.17, 15) is 4.39 Å². The molecule has 14 heavy (non-hydrogen) atoms. The summed E-state index contributed by atoms with van der Waals surface area (Å²) in [6, 6.07) is 6.86. The standard InChI is InChI=1S/C11H16FNO/c1-14-9-8-13-7-6-10-4-2-3-5-11(10)12/h2-5,13H,6-9H2,1H3. The molecule has 3 heteroatoms. The van der Waals surface area contributed by atoms with Crippen LogP contribution in [0.4, 0.5) is 4.39 Å². The first-order valence-corrected chi connectivity index (χ1v) is 4.77. The maximum Gasteiger partial charge on any atom is 0.126 e. The number of hydrogen-bond acceptors (Lipinski definition) is 2. The lowest BCUT2D eigenvalue weighted by atomic mass is 10.1. The predicted octanol–water partition coefficient (Wildman–Crippen LogP) is 1.60. The summed E-state index contributed by atoms with van der Waals surface area (Å²) in [7, 11) is 1.67. The van der Waals surface area contributed by atoms with Crippen molar-refractivity contribution in [3.05, 3.63) is 35.6 Å². The summed E-state index contributed by atoms with van der Waals surface area (Å²) in [4.78, 5) is 0. The molecule has 0 aliphatic heterocycles. The molecule has 0 atom stereocenters. The molecule has 0 aliphatic carbocycles. The topological polar surface area (TPSA) is 21.3 Å². The molecule has 78 valence electrons. The molecule has 0 saturated heterocycles. The third kappa shape index (κ3) is 3.85. The Balaban J connectivity index is 2.21. The molecule has 1 aromatic carbocycles. The fourth-order valence-corrected chi connectivity index (χ4v) is 1.22. The van der Waals surface area contributed by atoms with Gasteiger partial charge in [0.25, 0.3) is 0 Å². The van der Waals surface area contributed by atoms with Crippen molar-refractivity contribution in [1.82, 2.24) is 5.32 Å². The molecule has 0 heterocycles. The van der Waals surface area contributed by atoms with Gasteiger partial charge in [0.2, 0.25) is 0 Å². The predicted molar refractivity (Wildman–Crippen MR) is 54.8 cm³/mol. The molecule has 0 saturated carbocycles. The molecule has 0 spiro atoms. The fraction of sp³-hybridized carbons (Fsp3) is 0.455. The largest absolute Gasteiger partial charge is 0.383 e. The third-order valence-corrected chi connectivity index (χ3v) is 2.01. The summed E-state index contributed by atoms with van der Waals surface area (Å²) in [5.41, 5.74) is 0.761. The second-order valence-electron chi connectivity index (χ2n) is 3.08. The van der Waals surface area contributed by atoms with Crippen LogP contribution in [-0.2, 0) is 11.2 Å². The van der Waals surface area contributed by atoms with Crippen LogP contribution in [0.15, 0.2) is 24.3 Å². The van der Waals surface area contributed by atoms with Crippen molar-refractivity contribution >= 4 is 0 Å². The van der Waals surface area contributed by atoms with E-state index in [1.165, 1.54) is 6.07 Å². The van der Waals surface area contributed by atoms with E-state index in [2.05, 4.69) is 5.32 Å². The smallest absolute Gasteiger partial charge is 0.126 e. The van der Waals surface area contributed by atoms with Gasteiger partial charge in [-0.2, -0.15) is 0 Å². The maximum atomic E-state index is 13.1. The molecule has 0 radical (unpaired) electrons. The van der Waals surface area contributed by atoms with E-state index < -0.39 is 0 Å². The highest BCUT2D eigenvalue weighted by molar-refractivity contribution is 5.17. The van der Waals surface area contributed by atoms with Crippen LogP contribution in [0.3, 0.4) is 0 Å². The van der Waals surface area contributed by atoms with Crippen molar-refractivity contribution in [3.8, 4) is 0 Å². The molecule has 0 unspecified atom stereocenters. The van der Waals surface area contributed by atoms with Gasteiger partial charge in [0.15, 0.2) is 0 Å². The van der Waals surface area contributed by atoms with Crippen LogP contribution in [0.1, 0.15) is 5.56 Å². The molecular formula is C11H16FNO. The fourth-order valence-electron chi connectivity index (χ4n) is 1.22. The normalized spacial score (nSPS) is 10.4. The first kappa shape index (κ1) is 11.1. The van der Waals surface area contributed by atoms with E-state index in [4.69, 9.17) is 4.74 Å². The second-order valence-corrected chi connectivity index (χ2v) is 3.08. The van der Waals surface area contributed by atoms with Gasteiger partial charge in [-0.15, -0.1) is 0 Å². The number of nitrogens with one attached hydrogen (secondary N) is 1. The Morgan fingerprint density at radius 2 is 2.07 bits per heavy atom. The van der Waals surface area contributed by atoms with Crippen molar-refractivity contribution in [2.24, 2.45) is 0 Å². The monoisotopic (exact) mass is 197 g/mol. The van der Waals surface area contributed by atoms with E-state index in [-0.39, 0.29) is 5.82 Å². The zero-order valence-corrected chi connectivity index (χ0v) is 8.42. The lowest BCUT2D eigenvalue weighted by Gasteiger charge is -2.04. The highest BCUT2D eigenvalue weighted by Gasteiger charge is 1.98. The van der Waals surface area contributed by atoms with Crippen molar-refractivity contribution in [3.63, 3.8) is 0 Å². The zero-order valence-electron chi connectivity index (χ0n) is 8.42. The number of benzene rings is 1. The average molecular weight is 197 g/mol. The summed E-state index contributed by atoms with van der Waals surface area (Å²) in [6.07, 6.45) is 0.719. The Labute approximate surface area is 84.1 Å². The van der Waals surface area contributed by atoms with Crippen LogP contribution in [0.2, 0.25) is 0 Å². The minimum absolute atomic E-state index is 0.124. The van der Waals surface area contributed by atoms with Crippen LogP contribution in [-0.4, -0.2) is 26.8 Å². The number of hydrogen-bond donors (Lipinski definition) is 1. The number of methoxy groups -OCH3 is 1. The van der Waals surface area contributed by atoms with Gasteiger partial charge in [-0.05, 0) is 24.6 Å². The molecule has 0 fully saturated rings. The van der Waals surface area contributed by atoms with Gasteiger partial charge in [0.05, 0.1) is 6.61 Å². The molecule has 0 aliphatic rings. The summed E-state index contributed by atoms with van der Waals surface area (Å²) in [6.45, 7) is 2.28. The van der Waals surface area contributed by atoms with Gasteiger partial charge < -0.3 is 10.1 Å². The van der Waals surface area contributed by atoms with Gasteiger partial charge in [-0.1, -0.05) is 18.2 Å². The molecule has 2 nitrogen and oxygen atoms in total. The van der Waals surface area contributed by atoms with Crippen molar-refractivity contribution in [2.75, 3.05) is 26.8 Å². The molecule has 1 rings (SSSR count). The Morgan fingerprint density at radius 3 is 2.79 bits per heavy atom. The summed E-state index contributed by atoms with van der Waals surface area (Å²) in [5.74, 6) is -0.124. The van der Waals surface area contributed by atoms with Gasteiger partial charge in [0, 0.05) is 13.7 Å². The van der Waals surface area contributed by atoms with E-state index in [1.807, 2.05) is 12.1 Å². The lowest BCUT2D eigenvalue weighted by molar-refractivity contribution is 0.199. The second kappa shape index (κ2) is 6.51. The lowest BCUT2D eigenvalue weighted by Crippen LogP contribution is -2.21. The van der Waals surface area contributed by atoms with Crippen molar-refractivity contribution in [2.45, 2.75) is 6.42 Å². The van der Waals surface area contributed by atoms with E-state index in [0.717, 1.165) is 25.1 Å². The number of halogens is 1. The van der Waals surface area contributed by atoms with E-state index in [1.54, 1.807) is 13.2 Å². The molecule has 1 N–H and O–H groups in total. The van der Waals surface area contributed by atoms with Gasteiger partial charge >= 0.3 is 0 Å². The van der Waals surface area contributed by atoms with E-state index in [0.29, 0.717) is 6.61 Å².